The van der Waals surface area contributed by atoms with Crippen molar-refractivity contribution in [2.24, 2.45) is 11.8 Å². The number of hydrogen-bond donors (Lipinski definition) is 0. The normalized spacial score (nSPS) is 18.6. The molecule has 1 saturated heterocycles. The Bertz CT molecular complexity index is 491. The summed E-state index contributed by atoms with van der Waals surface area (Å²) in [6, 6.07) is 6.18. The summed E-state index contributed by atoms with van der Waals surface area (Å²) in [5.74, 6) is 0.818. The van der Waals surface area contributed by atoms with Gasteiger partial charge in [0.25, 0.3) is 5.91 Å². The Hall–Kier alpha value is -1.65. The molecule has 0 bridgehead atoms. The van der Waals surface area contributed by atoms with Crippen molar-refractivity contribution in [2.75, 3.05) is 13.1 Å². The maximum atomic E-state index is 12.5. The van der Waals surface area contributed by atoms with Gasteiger partial charge in [-0.1, -0.05) is 26.0 Å². The zero-order valence-electron chi connectivity index (χ0n) is 12.4. The highest BCUT2D eigenvalue weighted by molar-refractivity contribution is 5.97. The van der Waals surface area contributed by atoms with Crippen LogP contribution < -0.4 is 4.74 Å². The molecular formula is C16H21F2NO2. The Balaban J connectivity index is 2.07. The molecule has 1 aliphatic heterocycles. The summed E-state index contributed by atoms with van der Waals surface area (Å²) in [6.45, 7) is 2.78. The van der Waals surface area contributed by atoms with Crippen molar-refractivity contribution >= 4 is 5.91 Å². The highest BCUT2D eigenvalue weighted by Gasteiger charge is 2.29. The van der Waals surface area contributed by atoms with Gasteiger partial charge in [0.05, 0.1) is 5.56 Å². The molecule has 1 aromatic carbocycles. The Morgan fingerprint density at radius 2 is 2.10 bits per heavy atom. The lowest BCUT2D eigenvalue weighted by atomic mass is 9.97. The Morgan fingerprint density at radius 1 is 1.38 bits per heavy atom. The van der Waals surface area contributed by atoms with E-state index in [2.05, 4.69) is 18.6 Å². The molecule has 0 radical (unpaired) electrons. The van der Waals surface area contributed by atoms with Crippen LogP contribution in [0.2, 0.25) is 0 Å². The van der Waals surface area contributed by atoms with Gasteiger partial charge in [-0.05, 0) is 36.8 Å². The van der Waals surface area contributed by atoms with Crippen molar-refractivity contribution < 1.29 is 18.3 Å². The first-order valence-corrected chi connectivity index (χ1v) is 7.30. The second kappa shape index (κ2) is 6.87. The quantitative estimate of drug-likeness (QED) is 0.827. The lowest BCUT2D eigenvalue weighted by Gasteiger charge is -2.19. The number of benzene rings is 1. The minimum absolute atomic E-state index is 0.0511. The van der Waals surface area contributed by atoms with Crippen LogP contribution in [-0.2, 0) is 0 Å². The molecule has 1 fully saturated rings. The van der Waals surface area contributed by atoms with E-state index in [4.69, 9.17) is 0 Å². The molecule has 5 heteroatoms. The topological polar surface area (TPSA) is 29.5 Å². The van der Waals surface area contributed by atoms with E-state index in [-0.39, 0.29) is 17.2 Å². The van der Waals surface area contributed by atoms with E-state index < -0.39 is 6.61 Å². The van der Waals surface area contributed by atoms with Crippen LogP contribution in [0.3, 0.4) is 0 Å². The number of hydrogen-bond acceptors (Lipinski definition) is 2. The standard InChI is InChI=1S/C16H21F2NO2/c1-11(2)9-12-7-8-19(10-12)15(20)13-5-3-4-6-14(13)21-16(17)18/h3-6,11-12,16H,7-10H2,1-2H3. The van der Waals surface area contributed by atoms with Crippen LogP contribution in [0.25, 0.3) is 0 Å². The Morgan fingerprint density at radius 3 is 2.76 bits per heavy atom. The third-order valence-corrected chi connectivity index (χ3v) is 3.71. The smallest absolute Gasteiger partial charge is 0.387 e. The van der Waals surface area contributed by atoms with Crippen molar-refractivity contribution in [3.8, 4) is 5.75 Å². The largest absolute Gasteiger partial charge is 0.434 e. The lowest BCUT2D eigenvalue weighted by molar-refractivity contribution is -0.0502. The van der Waals surface area contributed by atoms with Crippen LogP contribution in [0, 0.1) is 11.8 Å². The summed E-state index contributed by atoms with van der Waals surface area (Å²) in [5, 5.41) is 0. The number of likely N-dealkylation sites (tertiary alicyclic amines) is 1. The van der Waals surface area contributed by atoms with Crippen LogP contribution >= 0.6 is 0 Å². The summed E-state index contributed by atoms with van der Waals surface area (Å²) in [6.07, 6.45) is 2.06. The molecule has 21 heavy (non-hydrogen) atoms. The number of ether oxygens (including phenoxy) is 1. The van der Waals surface area contributed by atoms with Gasteiger partial charge in [-0.3, -0.25) is 4.79 Å². The molecule has 1 aromatic rings. The number of nitrogens with zero attached hydrogens (tertiary/aromatic N) is 1. The number of carbonyl (C=O) groups is 1. The first kappa shape index (κ1) is 15.7. The monoisotopic (exact) mass is 297 g/mol. The molecule has 0 aliphatic carbocycles. The van der Waals surface area contributed by atoms with Crippen LogP contribution in [0.1, 0.15) is 37.0 Å². The fourth-order valence-electron chi connectivity index (χ4n) is 2.89. The number of para-hydroxylation sites is 1. The van der Waals surface area contributed by atoms with Gasteiger partial charge in [0, 0.05) is 13.1 Å². The van der Waals surface area contributed by atoms with Crippen molar-refractivity contribution in [3.63, 3.8) is 0 Å². The van der Waals surface area contributed by atoms with Gasteiger partial charge in [0.2, 0.25) is 0 Å². The summed E-state index contributed by atoms with van der Waals surface area (Å²) in [5.41, 5.74) is 0.211. The summed E-state index contributed by atoms with van der Waals surface area (Å²) >= 11 is 0. The molecule has 0 N–H and O–H groups in total. The van der Waals surface area contributed by atoms with E-state index in [1.54, 1.807) is 17.0 Å². The maximum Gasteiger partial charge on any atom is 0.387 e. The van der Waals surface area contributed by atoms with E-state index in [1.807, 2.05) is 0 Å². The number of halogens is 2. The fraction of sp³-hybridized carbons (Fsp3) is 0.562. The van der Waals surface area contributed by atoms with E-state index in [1.165, 1.54) is 12.1 Å². The van der Waals surface area contributed by atoms with Crippen LogP contribution in [0.4, 0.5) is 8.78 Å². The van der Waals surface area contributed by atoms with Crippen LogP contribution in [-0.4, -0.2) is 30.5 Å². The SMILES string of the molecule is CC(C)CC1CCN(C(=O)c2ccccc2OC(F)F)C1. The molecule has 0 saturated carbocycles. The predicted molar refractivity (Wildman–Crippen MR) is 76.5 cm³/mol. The molecule has 2 rings (SSSR count). The maximum absolute atomic E-state index is 12.5. The molecule has 116 valence electrons. The second-order valence-electron chi connectivity index (χ2n) is 5.91. The van der Waals surface area contributed by atoms with Crippen molar-refractivity contribution in [1.82, 2.24) is 4.90 Å². The average Bonchev–Trinajstić information content (AvgIpc) is 2.85. The minimum Gasteiger partial charge on any atom is -0.434 e. The van der Waals surface area contributed by atoms with Gasteiger partial charge in [0.1, 0.15) is 5.75 Å². The molecule has 1 atom stereocenters. The van der Waals surface area contributed by atoms with Gasteiger partial charge < -0.3 is 9.64 Å². The molecule has 3 nitrogen and oxygen atoms in total. The highest BCUT2D eigenvalue weighted by atomic mass is 19.3. The van der Waals surface area contributed by atoms with Gasteiger partial charge in [-0.25, -0.2) is 0 Å². The van der Waals surface area contributed by atoms with Crippen LogP contribution in [0.15, 0.2) is 24.3 Å². The first-order chi connectivity index (χ1) is 9.97. The van der Waals surface area contributed by atoms with Crippen molar-refractivity contribution in [3.05, 3.63) is 29.8 Å². The molecular weight excluding hydrogens is 276 g/mol. The molecule has 0 spiro atoms. The first-order valence-electron chi connectivity index (χ1n) is 7.30. The average molecular weight is 297 g/mol. The summed E-state index contributed by atoms with van der Waals surface area (Å²) < 4.78 is 29.2. The predicted octanol–water partition coefficient (Wildman–Crippen LogP) is 3.80. The summed E-state index contributed by atoms with van der Waals surface area (Å²) in [4.78, 5) is 14.2. The van der Waals surface area contributed by atoms with Crippen molar-refractivity contribution in [1.29, 1.82) is 0 Å². The zero-order chi connectivity index (χ0) is 15.4. The number of amides is 1. The van der Waals surface area contributed by atoms with Gasteiger partial charge in [-0.2, -0.15) is 8.78 Å². The second-order valence-corrected chi connectivity index (χ2v) is 5.91. The Labute approximate surface area is 123 Å². The van der Waals surface area contributed by atoms with Gasteiger partial charge in [-0.15, -0.1) is 0 Å². The minimum atomic E-state index is -2.92. The van der Waals surface area contributed by atoms with Gasteiger partial charge >= 0.3 is 6.61 Å². The van der Waals surface area contributed by atoms with Crippen LogP contribution in [0.5, 0.6) is 5.75 Å². The van der Waals surface area contributed by atoms with E-state index in [0.29, 0.717) is 24.9 Å². The third kappa shape index (κ3) is 4.16. The van der Waals surface area contributed by atoms with E-state index in [0.717, 1.165) is 12.8 Å². The molecule has 1 amide bonds. The number of rotatable bonds is 5. The molecule has 1 heterocycles. The fourth-order valence-corrected chi connectivity index (χ4v) is 2.89. The molecule has 1 unspecified atom stereocenters. The van der Waals surface area contributed by atoms with Gasteiger partial charge in [0.15, 0.2) is 0 Å². The Kier molecular flexibility index (Phi) is 5.15. The zero-order valence-corrected chi connectivity index (χ0v) is 12.4. The lowest BCUT2D eigenvalue weighted by Crippen LogP contribution is -2.29. The highest BCUT2D eigenvalue weighted by Crippen LogP contribution is 2.27. The summed E-state index contributed by atoms with van der Waals surface area (Å²) in [7, 11) is 0. The number of alkyl halides is 2. The van der Waals surface area contributed by atoms with E-state index in [9.17, 15) is 13.6 Å². The molecule has 0 aromatic heterocycles. The number of carbonyl (C=O) groups excluding carboxylic acids is 1. The third-order valence-electron chi connectivity index (χ3n) is 3.71. The van der Waals surface area contributed by atoms with Crippen molar-refractivity contribution in [2.45, 2.75) is 33.3 Å². The molecule has 1 aliphatic rings. The van der Waals surface area contributed by atoms with E-state index >= 15 is 0 Å².